The molecule has 0 bridgehead atoms. The summed E-state index contributed by atoms with van der Waals surface area (Å²) in [6.45, 7) is 3.37. The molecule has 1 saturated heterocycles. The van der Waals surface area contributed by atoms with Crippen LogP contribution in [-0.4, -0.2) is 106 Å². The number of hydrogen-bond acceptors (Lipinski definition) is 9. The summed E-state index contributed by atoms with van der Waals surface area (Å²) in [5.41, 5.74) is 15.4. The number of nitrogens with zero attached hydrogens (tertiary/aromatic N) is 2. The van der Waals surface area contributed by atoms with Gasteiger partial charge in [0.2, 0.25) is 17.7 Å². The maximum atomic E-state index is 13.4. The molecule has 1 aliphatic heterocycles. The lowest BCUT2D eigenvalue weighted by Gasteiger charge is -2.32. The Morgan fingerprint density at radius 3 is 2.23 bits per heavy atom. The van der Waals surface area contributed by atoms with Crippen LogP contribution in [-0.2, 0) is 40.0 Å². The van der Waals surface area contributed by atoms with Gasteiger partial charge in [-0.3, -0.25) is 29.0 Å². The lowest BCUT2D eigenvalue weighted by Crippen LogP contribution is -2.61. The van der Waals surface area contributed by atoms with Gasteiger partial charge < -0.3 is 53.1 Å². The van der Waals surface area contributed by atoms with Gasteiger partial charge in [-0.15, -0.1) is 0 Å². The van der Waals surface area contributed by atoms with Crippen LogP contribution in [0.2, 0.25) is 0 Å². The first kappa shape index (κ1) is 38.1. The first-order valence-corrected chi connectivity index (χ1v) is 15.1. The number of amides is 4. The Morgan fingerprint density at radius 2 is 1.68 bits per heavy atom. The van der Waals surface area contributed by atoms with E-state index in [0.29, 0.717) is 12.0 Å². The molecule has 1 aromatic carbocycles. The molecule has 0 saturated carbocycles. The van der Waals surface area contributed by atoms with Crippen molar-refractivity contribution in [3.05, 3.63) is 35.9 Å². The van der Waals surface area contributed by atoms with Crippen molar-refractivity contribution in [2.45, 2.75) is 82.1 Å². The zero-order valence-electron chi connectivity index (χ0n) is 26.4. The number of guanidine groups is 1. The average Bonchev–Trinajstić information content (AvgIpc) is 3.50. The summed E-state index contributed by atoms with van der Waals surface area (Å²) < 4.78 is 0. The summed E-state index contributed by atoms with van der Waals surface area (Å²) in [6, 6.07) is 3.15. The molecule has 1 aromatic rings. The Bertz CT molecular complexity index is 1340. The fourth-order valence-corrected chi connectivity index (χ4v) is 5.10. The molecule has 0 unspecified atom stereocenters. The summed E-state index contributed by atoms with van der Waals surface area (Å²) >= 11 is 0. The van der Waals surface area contributed by atoms with E-state index in [-0.39, 0.29) is 51.0 Å². The number of likely N-dealkylation sites (tertiary alicyclic amines) is 1. The Hall–Kier alpha value is -5.06. The van der Waals surface area contributed by atoms with Gasteiger partial charge in [-0.2, -0.15) is 0 Å². The first-order chi connectivity index (χ1) is 22.1. The van der Waals surface area contributed by atoms with E-state index in [1.54, 1.807) is 44.2 Å². The molecule has 4 amide bonds. The quantitative estimate of drug-likeness (QED) is 0.0275. The number of carbonyl (C=O) groups is 7. The van der Waals surface area contributed by atoms with Gasteiger partial charge in [0.05, 0.1) is 6.42 Å². The molecule has 11 N–H and O–H groups in total. The number of aliphatic imine (C=N–C) groups is 1. The molecular formula is C30H44N8O9. The number of rotatable bonds is 18. The number of aliphatic carboxylic acids is 2. The number of carbonyl (C=O) groups excluding carboxylic acids is 5. The van der Waals surface area contributed by atoms with E-state index in [1.807, 2.05) is 0 Å². The number of nitrogens with one attached hydrogen (secondary N) is 3. The van der Waals surface area contributed by atoms with Crippen molar-refractivity contribution in [3.8, 4) is 0 Å². The molecule has 1 fully saturated rings. The highest BCUT2D eigenvalue weighted by Gasteiger charge is 2.44. The second kappa shape index (κ2) is 17.6. The summed E-state index contributed by atoms with van der Waals surface area (Å²) in [5, 5.41) is 26.4. The Kier molecular flexibility index (Phi) is 14.3. The molecule has 2 rings (SSSR count). The highest BCUT2D eigenvalue weighted by molar-refractivity contribution is 6.03. The molecule has 17 heteroatoms. The van der Waals surface area contributed by atoms with Crippen LogP contribution in [0.4, 0.5) is 0 Å². The second-order valence-corrected chi connectivity index (χ2v) is 11.7. The van der Waals surface area contributed by atoms with Gasteiger partial charge in [-0.05, 0) is 37.2 Å². The molecule has 1 aliphatic rings. The van der Waals surface area contributed by atoms with E-state index < -0.39 is 77.6 Å². The zero-order chi connectivity index (χ0) is 35.3. The summed E-state index contributed by atoms with van der Waals surface area (Å²) in [6.07, 6.45) is -0.0223. The highest BCUT2D eigenvalue weighted by atomic mass is 16.4. The second-order valence-electron chi connectivity index (χ2n) is 11.7. The van der Waals surface area contributed by atoms with Crippen LogP contribution in [0.5, 0.6) is 0 Å². The largest absolute Gasteiger partial charge is 0.481 e. The van der Waals surface area contributed by atoms with Crippen LogP contribution < -0.4 is 33.2 Å². The van der Waals surface area contributed by atoms with Crippen molar-refractivity contribution in [3.63, 3.8) is 0 Å². The molecule has 5 atom stereocenters. The predicted molar refractivity (Wildman–Crippen MR) is 168 cm³/mol. The number of aldehydes is 1. The predicted octanol–water partition coefficient (Wildman–Crippen LogP) is -2.16. The van der Waals surface area contributed by atoms with E-state index in [4.69, 9.17) is 17.2 Å². The number of benzene rings is 1. The SMILES string of the molecule is CC(C)[C@H](NC(=O)[C@H](CC(=O)O)NC(=O)[C@@H]1CCCN1C(=O)[C@](N)(C=O)CCCN=C(N)N)C(=O)N[C@@H](Cc1ccccc1)C(=O)O. The van der Waals surface area contributed by atoms with Crippen molar-refractivity contribution in [2.24, 2.45) is 28.1 Å². The molecule has 0 aliphatic carbocycles. The Labute approximate surface area is 271 Å². The van der Waals surface area contributed by atoms with E-state index in [9.17, 15) is 43.8 Å². The molecular weight excluding hydrogens is 616 g/mol. The lowest BCUT2D eigenvalue weighted by atomic mass is 9.94. The van der Waals surface area contributed by atoms with Gasteiger partial charge in [0.1, 0.15) is 30.5 Å². The summed E-state index contributed by atoms with van der Waals surface area (Å²) in [5.74, 6) is -6.99. The maximum Gasteiger partial charge on any atom is 0.326 e. The summed E-state index contributed by atoms with van der Waals surface area (Å²) in [7, 11) is 0. The normalized spacial score (nSPS) is 17.4. The van der Waals surface area contributed by atoms with Crippen LogP contribution in [0.25, 0.3) is 0 Å². The minimum absolute atomic E-state index is 0.0283. The molecule has 0 aromatic heterocycles. The van der Waals surface area contributed by atoms with Gasteiger partial charge in [0.25, 0.3) is 5.91 Å². The van der Waals surface area contributed by atoms with Crippen molar-refractivity contribution in [2.75, 3.05) is 13.1 Å². The molecule has 0 radical (unpaired) electrons. The maximum absolute atomic E-state index is 13.4. The number of carboxylic acid groups (broad SMARTS) is 2. The topological polar surface area (TPSA) is 290 Å². The lowest BCUT2D eigenvalue weighted by molar-refractivity contribution is -0.146. The van der Waals surface area contributed by atoms with Crippen LogP contribution in [0.15, 0.2) is 35.3 Å². The van der Waals surface area contributed by atoms with Gasteiger partial charge in [-0.1, -0.05) is 44.2 Å². The molecule has 47 heavy (non-hydrogen) atoms. The molecule has 1 heterocycles. The fraction of sp³-hybridized carbons (Fsp3) is 0.533. The van der Waals surface area contributed by atoms with Crippen LogP contribution in [0.3, 0.4) is 0 Å². The standard InChI is InChI=1S/C30H44N8O9/c1-17(2)23(26(44)36-20(27(45)46)14-18-8-4-3-5-9-18)37-24(42)19(15-22(40)41)35-25(43)21-10-6-13-38(21)28(47)30(33,16-39)11-7-12-34-29(31)32/h3-5,8-9,16-17,19-21,23H,6-7,10-15,33H2,1-2H3,(H,35,43)(H,36,44)(H,37,42)(H,40,41)(H,45,46)(H4,31,32,34)/t19-,20-,21-,23-,30+/m0/s1. The smallest absolute Gasteiger partial charge is 0.326 e. The third kappa shape index (κ3) is 11.4. The minimum Gasteiger partial charge on any atom is -0.481 e. The monoisotopic (exact) mass is 660 g/mol. The number of hydrogen-bond donors (Lipinski definition) is 8. The average molecular weight is 661 g/mol. The Morgan fingerprint density at radius 1 is 1.02 bits per heavy atom. The van der Waals surface area contributed by atoms with Gasteiger partial charge in [0.15, 0.2) is 11.5 Å². The van der Waals surface area contributed by atoms with Crippen molar-refractivity contribution in [1.82, 2.24) is 20.9 Å². The summed E-state index contributed by atoms with van der Waals surface area (Å²) in [4.78, 5) is 93.5. The highest BCUT2D eigenvalue weighted by Crippen LogP contribution is 2.23. The third-order valence-electron chi connectivity index (χ3n) is 7.62. The van der Waals surface area contributed by atoms with E-state index in [1.165, 1.54) is 0 Å². The first-order valence-electron chi connectivity index (χ1n) is 15.1. The molecule has 258 valence electrons. The van der Waals surface area contributed by atoms with E-state index in [0.717, 1.165) is 4.90 Å². The Balaban J connectivity index is 2.17. The van der Waals surface area contributed by atoms with Gasteiger partial charge in [0, 0.05) is 19.5 Å². The number of carboxylic acids is 2. The van der Waals surface area contributed by atoms with Crippen molar-refractivity contribution >= 4 is 47.8 Å². The van der Waals surface area contributed by atoms with E-state index >= 15 is 0 Å². The minimum atomic E-state index is -1.98. The van der Waals surface area contributed by atoms with Crippen LogP contribution in [0, 0.1) is 5.92 Å². The molecule has 0 spiro atoms. The van der Waals surface area contributed by atoms with Crippen LogP contribution >= 0.6 is 0 Å². The third-order valence-corrected chi connectivity index (χ3v) is 7.62. The van der Waals surface area contributed by atoms with Gasteiger partial charge in [-0.25, -0.2) is 4.79 Å². The molecule has 17 nitrogen and oxygen atoms in total. The zero-order valence-corrected chi connectivity index (χ0v) is 26.4. The number of nitrogens with two attached hydrogens (primary N) is 3. The van der Waals surface area contributed by atoms with Crippen LogP contribution in [0.1, 0.15) is 51.5 Å². The van der Waals surface area contributed by atoms with Gasteiger partial charge >= 0.3 is 11.9 Å². The van der Waals surface area contributed by atoms with Crippen molar-refractivity contribution in [1.29, 1.82) is 0 Å². The van der Waals surface area contributed by atoms with E-state index in [2.05, 4.69) is 20.9 Å². The van der Waals surface area contributed by atoms with Crippen molar-refractivity contribution < 1.29 is 43.8 Å². The fourth-order valence-electron chi connectivity index (χ4n) is 5.10.